The van der Waals surface area contributed by atoms with Gasteiger partial charge in [-0.15, -0.1) is 0 Å². The number of nitrogens with zero attached hydrogens (tertiary/aromatic N) is 1. The summed E-state index contributed by atoms with van der Waals surface area (Å²) in [5.74, 6) is 4.20. The van der Waals surface area contributed by atoms with E-state index in [-0.39, 0.29) is 6.79 Å². The monoisotopic (exact) mass is 401 g/mol. The lowest BCUT2D eigenvalue weighted by Crippen LogP contribution is -2.36. The minimum Gasteiger partial charge on any atom is -0.496 e. The van der Waals surface area contributed by atoms with Gasteiger partial charge in [-0.2, -0.15) is 0 Å². The zero-order valence-corrected chi connectivity index (χ0v) is 17.2. The summed E-state index contributed by atoms with van der Waals surface area (Å²) in [4.78, 5) is 4.66. The van der Waals surface area contributed by atoms with Gasteiger partial charge in [0.2, 0.25) is 6.79 Å². The standard InChI is InChI=1S/C21H27N3O5/c1-5-22-21(23-11-14-6-7-16-20(8-14)29-13-28-16)24-12-15-9-18(26-3)19(27-4)10-17(15)25-2/h6-10H,5,11-13H2,1-4H3,(H2,22,23,24). The zero-order chi connectivity index (χ0) is 20.6. The van der Waals surface area contributed by atoms with E-state index < -0.39 is 0 Å². The van der Waals surface area contributed by atoms with Crippen molar-refractivity contribution in [3.63, 3.8) is 0 Å². The molecular formula is C21H27N3O5. The van der Waals surface area contributed by atoms with Crippen molar-refractivity contribution in [3.8, 4) is 28.7 Å². The second-order valence-corrected chi connectivity index (χ2v) is 6.26. The molecule has 1 heterocycles. The summed E-state index contributed by atoms with van der Waals surface area (Å²) in [5, 5.41) is 6.58. The summed E-state index contributed by atoms with van der Waals surface area (Å²) in [6, 6.07) is 9.55. The van der Waals surface area contributed by atoms with Crippen LogP contribution < -0.4 is 34.3 Å². The molecule has 3 rings (SSSR count). The average molecular weight is 401 g/mol. The maximum Gasteiger partial charge on any atom is 0.231 e. The number of guanidine groups is 1. The molecule has 2 aromatic carbocycles. The Morgan fingerprint density at radius 2 is 1.66 bits per heavy atom. The fraction of sp³-hybridized carbons (Fsp3) is 0.381. The van der Waals surface area contributed by atoms with Gasteiger partial charge in [-0.1, -0.05) is 6.07 Å². The number of aliphatic imine (C=N–C) groups is 1. The van der Waals surface area contributed by atoms with Crippen molar-refractivity contribution in [3.05, 3.63) is 41.5 Å². The molecule has 0 bridgehead atoms. The predicted molar refractivity (Wildman–Crippen MR) is 110 cm³/mol. The molecule has 0 fully saturated rings. The molecule has 0 radical (unpaired) electrons. The summed E-state index contributed by atoms with van der Waals surface area (Å²) < 4.78 is 27.0. The minimum absolute atomic E-state index is 0.263. The van der Waals surface area contributed by atoms with Crippen LogP contribution in [0.15, 0.2) is 35.3 Å². The molecule has 0 aliphatic carbocycles. The van der Waals surface area contributed by atoms with Crippen LogP contribution in [-0.2, 0) is 13.1 Å². The molecule has 2 aromatic rings. The number of benzene rings is 2. The van der Waals surface area contributed by atoms with Gasteiger partial charge < -0.3 is 34.3 Å². The molecule has 0 atom stereocenters. The molecule has 29 heavy (non-hydrogen) atoms. The Kier molecular flexibility index (Phi) is 6.89. The van der Waals surface area contributed by atoms with E-state index in [1.807, 2.05) is 37.3 Å². The van der Waals surface area contributed by atoms with Crippen molar-refractivity contribution in [1.82, 2.24) is 10.6 Å². The first-order valence-electron chi connectivity index (χ1n) is 9.38. The number of nitrogens with one attached hydrogen (secondary N) is 2. The maximum absolute atomic E-state index is 5.49. The molecule has 0 saturated carbocycles. The van der Waals surface area contributed by atoms with E-state index in [1.54, 1.807) is 21.3 Å². The Hall–Kier alpha value is -3.29. The van der Waals surface area contributed by atoms with E-state index in [2.05, 4.69) is 15.6 Å². The van der Waals surface area contributed by atoms with Gasteiger partial charge in [0.1, 0.15) is 5.75 Å². The van der Waals surface area contributed by atoms with Crippen LogP contribution in [0.5, 0.6) is 28.7 Å². The molecule has 2 N–H and O–H groups in total. The fourth-order valence-corrected chi connectivity index (χ4v) is 2.96. The lowest BCUT2D eigenvalue weighted by atomic mass is 10.1. The molecule has 0 aromatic heterocycles. The molecule has 8 heteroatoms. The van der Waals surface area contributed by atoms with Crippen LogP contribution in [-0.4, -0.2) is 40.6 Å². The van der Waals surface area contributed by atoms with Crippen molar-refractivity contribution in [2.24, 2.45) is 4.99 Å². The second-order valence-electron chi connectivity index (χ2n) is 6.26. The highest BCUT2D eigenvalue weighted by molar-refractivity contribution is 5.79. The van der Waals surface area contributed by atoms with Crippen LogP contribution >= 0.6 is 0 Å². The highest BCUT2D eigenvalue weighted by Crippen LogP contribution is 2.34. The van der Waals surface area contributed by atoms with Crippen LogP contribution in [0.1, 0.15) is 18.1 Å². The Labute approximate surface area is 170 Å². The van der Waals surface area contributed by atoms with E-state index in [0.717, 1.165) is 29.2 Å². The summed E-state index contributed by atoms with van der Waals surface area (Å²) >= 11 is 0. The van der Waals surface area contributed by atoms with Gasteiger partial charge in [0.25, 0.3) is 0 Å². The number of ether oxygens (including phenoxy) is 5. The SMILES string of the molecule is CCNC(=NCc1ccc2c(c1)OCO2)NCc1cc(OC)c(OC)cc1OC. The first kappa shape index (κ1) is 20.4. The summed E-state index contributed by atoms with van der Waals surface area (Å²) in [5.41, 5.74) is 1.97. The molecule has 0 unspecified atom stereocenters. The van der Waals surface area contributed by atoms with Crippen molar-refractivity contribution in [2.45, 2.75) is 20.0 Å². The van der Waals surface area contributed by atoms with Crippen LogP contribution in [0.4, 0.5) is 0 Å². The van der Waals surface area contributed by atoms with Gasteiger partial charge in [-0.25, -0.2) is 4.99 Å². The molecule has 8 nitrogen and oxygen atoms in total. The number of fused-ring (bicyclic) bond motifs is 1. The van der Waals surface area contributed by atoms with Gasteiger partial charge in [0.05, 0.1) is 27.9 Å². The maximum atomic E-state index is 5.49. The van der Waals surface area contributed by atoms with Gasteiger partial charge in [0, 0.05) is 24.7 Å². The van der Waals surface area contributed by atoms with Crippen molar-refractivity contribution in [2.75, 3.05) is 34.7 Å². The van der Waals surface area contributed by atoms with E-state index >= 15 is 0 Å². The first-order valence-corrected chi connectivity index (χ1v) is 9.38. The van der Waals surface area contributed by atoms with Gasteiger partial charge in [0.15, 0.2) is 29.0 Å². The Morgan fingerprint density at radius 3 is 2.38 bits per heavy atom. The largest absolute Gasteiger partial charge is 0.496 e. The third-order valence-electron chi connectivity index (χ3n) is 4.43. The number of methoxy groups -OCH3 is 3. The summed E-state index contributed by atoms with van der Waals surface area (Å²) in [6.45, 7) is 4.05. The highest BCUT2D eigenvalue weighted by atomic mass is 16.7. The van der Waals surface area contributed by atoms with Crippen molar-refractivity contribution < 1.29 is 23.7 Å². The van der Waals surface area contributed by atoms with Gasteiger partial charge in [-0.05, 0) is 30.7 Å². The second kappa shape index (κ2) is 9.77. The van der Waals surface area contributed by atoms with E-state index in [0.29, 0.717) is 36.3 Å². The third kappa shape index (κ3) is 4.96. The number of rotatable bonds is 8. The van der Waals surface area contributed by atoms with Crippen LogP contribution in [0.3, 0.4) is 0 Å². The van der Waals surface area contributed by atoms with E-state index in [1.165, 1.54) is 0 Å². The van der Waals surface area contributed by atoms with Gasteiger partial charge >= 0.3 is 0 Å². The Bertz CT molecular complexity index is 870. The van der Waals surface area contributed by atoms with Crippen molar-refractivity contribution in [1.29, 1.82) is 0 Å². The lowest BCUT2D eigenvalue weighted by molar-refractivity contribution is 0.174. The third-order valence-corrected chi connectivity index (χ3v) is 4.43. The zero-order valence-electron chi connectivity index (χ0n) is 17.2. The highest BCUT2D eigenvalue weighted by Gasteiger charge is 2.14. The van der Waals surface area contributed by atoms with E-state index in [9.17, 15) is 0 Å². The van der Waals surface area contributed by atoms with Crippen LogP contribution in [0.2, 0.25) is 0 Å². The fourth-order valence-electron chi connectivity index (χ4n) is 2.96. The minimum atomic E-state index is 0.263. The molecule has 1 aliphatic heterocycles. The quantitative estimate of drug-likeness (QED) is 0.520. The molecule has 0 amide bonds. The molecule has 0 spiro atoms. The van der Waals surface area contributed by atoms with Crippen LogP contribution in [0.25, 0.3) is 0 Å². The van der Waals surface area contributed by atoms with Crippen molar-refractivity contribution >= 4 is 5.96 Å². The summed E-state index contributed by atoms with van der Waals surface area (Å²) in [6.07, 6.45) is 0. The average Bonchev–Trinajstić information content (AvgIpc) is 3.22. The smallest absolute Gasteiger partial charge is 0.231 e. The number of hydrogen-bond acceptors (Lipinski definition) is 6. The van der Waals surface area contributed by atoms with E-state index in [4.69, 9.17) is 23.7 Å². The Balaban J connectivity index is 1.71. The summed E-state index contributed by atoms with van der Waals surface area (Å²) in [7, 11) is 4.84. The Morgan fingerprint density at radius 1 is 0.931 bits per heavy atom. The van der Waals surface area contributed by atoms with Gasteiger partial charge in [-0.3, -0.25) is 0 Å². The molecule has 156 valence electrons. The lowest BCUT2D eigenvalue weighted by Gasteiger charge is -2.16. The topological polar surface area (TPSA) is 82.6 Å². The first-order chi connectivity index (χ1) is 14.2. The molecular weight excluding hydrogens is 374 g/mol. The normalized spacial score (nSPS) is 12.5. The molecule has 1 aliphatic rings. The predicted octanol–water partition coefficient (Wildman–Crippen LogP) is 2.70. The number of hydrogen-bond donors (Lipinski definition) is 2. The molecule has 0 saturated heterocycles. The van der Waals surface area contributed by atoms with Crippen LogP contribution in [0, 0.1) is 0 Å².